The van der Waals surface area contributed by atoms with Gasteiger partial charge in [-0.1, -0.05) is 12.1 Å². The molecule has 1 heterocycles. The van der Waals surface area contributed by atoms with Crippen LogP contribution in [-0.4, -0.2) is 54.8 Å². The molecule has 1 saturated heterocycles. The lowest BCUT2D eigenvalue weighted by molar-refractivity contribution is -0.195. The van der Waals surface area contributed by atoms with Crippen LogP contribution in [-0.2, 0) is 19.1 Å². The Balaban J connectivity index is 2.07. The van der Waals surface area contributed by atoms with E-state index in [1.165, 1.54) is 0 Å². The molecule has 3 atom stereocenters. The number of carbonyl (C=O) groups is 2. The lowest BCUT2D eigenvalue weighted by Gasteiger charge is -2.31. The molecule has 0 bridgehead atoms. The number of aliphatic hydroxyl groups excluding tert-OH is 1. The molecule has 0 aliphatic carbocycles. The molecule has 1 aromatic rings. The average molecular weight is 351 g/mol. The second-order valence-electron chi connectivity index (χ2n) is 5.47. The maximum atomic E-state index is 11.1. The van der Waals surface area contributed by atoms with Crippen LogP contribution < -0.4 is 10.1 Å². The first-order chi connectivity index (χ1) is 12.0. The Hall–Kier alpha value is -2.58. The molecule has 1 aliphatic rings. The molecule has 0 amide bonds. The van der Waals surface area contributed by atoms with E-state index in [9.17, 15) is 14.7 Å². The van der Waals surface area contributed by atoms with Gasteiger partial charge in [-0.15, -0.1) is 0 Å². The fourth-order valence-corrected chi connectivity index (χ4v) is 2.46. The van der Waals surface area contributed by atoms with Gasteiger partial charge in [-0.05, 0) is 23.8 Å². The van der Waals surface area contributed by atoms with Crippen molar-refractivity contribution in [2.24, 2.45) is 0 Å². The molecular formula is C17H21NO7. The number of hydrogen-bond donors (Lipinski definition) is 3. The summed E-state index contributed by atoms with van der Waals surface area (Å²) in [6, 6.07) is 5.33. The molecule has 0 saturated carbocycles. The standard InChI is InChI=1S/C17H21NO7/c1-18-13-7-11(3-2-6-23-10-19)4-5-14(13)24-16-9-12(20)8-15(25-16)17(21)22/h2-5,7,10,12,15-16,18,20H,6,8-9H2,1H3,(H,21,22)/b3-2+. The molecule has 1 fully saturated rings. The Morgan fingerprint density at radius 2 is 2.24 bits per heavy atom. The Morgan fingerprint density at radius 1 is 1.44 bits per heavy atom. The maximum absolute atomic E-state index is 11.1. The zero-order valence-corrected chi connectivity index (χ0v) is 13.8. The van der Waals surface area contributed by atoms with Gasteiger partial charge in [0.15, 0.2) is 6.10 Å². The fourth-order valence-electron chi connectivity index (χ4n) is 2.46. The maximum Gasteiger partial charge on any atom is 0.333 e. The summed E-state index contributed by atoms with van der Waals surface area (Å²) in [7, 11) is 1.72. The van der Waals surface area contributed by atoms with Gasteiger partial charge in [-0.2, -0.15) is 0 Å². The second-order valence-corrected chi connectivity index (χ2v) is 5.47. The average Bonchev–Trinajstić information content (AvgIpc) is 2.59. The summed E-state index contributed by atoms with van der Waals surface area (Å²) in [5.74, 6) is -0.647. The first kappa shape index (κ1) is 18.8. The van der Waals surface area contributed by atoms with Crippen molar-refractivity contribution >= 4 is 24.2 Å². The summed E-state index contributed by atoms with van der Waals surface area (Å²) in [5, 5.41) is 21.8. The Kier molecular flexibility index (Phi) is 6.79. The molecule has 2 rings (SSSR count). The van der Waals surface area contributed by atoms with E-state index in [4.69, 9.17) is 14.6 Å². The van der Waals surface area contributed by atoms with Crippen LogP contribution in [0.25, 0.3) is 6.08 Å². The minimum atomic E-state index is -1.13. The van der Waals surface area contributed by atoms with Crippen molar-refractivity contribution in [2.75, 3.05) is 19.0 Å². The molecule has 3 unspecified atom stereocenters. The van der Waals surface area contributed by atoms with E-state index in [1.54, 1.807) is 31.3 Å². The van der Waals surface area contributed by atoms with E-state index in [0.29, 0.717) is 17.9 Å². The lowest BCUT2D eigenvalue weighted by Crippen LogP contribution is -2.42. The summed E-state index contributed by atoms with van der Waals surface area (Å²) < 4.78 is 15.7. The third-order valence-corrected chi connectivity index (χ3v) is 3.64. The number of rotatable bonds is 8. The number of carboxylic acids is 1. The number of nitrogens with one attached hydrogen (secondary N) is 1. The van der Waals surface area contributed by atoms with Crippen molar-refractivity contribution in [2.45, 2.75) is 31.3 Å². The van der Waals surface area contributed by atoms with Gasteiger partial charge in [0.2, 0.25) is 6.29 Å². The largest absolute Gasteiger partial charge is 0.479 e. The van der Waals surface area contributed by atoms with Gasteiger partial charge in [0.25, 0.3) is 6.47 Å². The third-order valence-electron chi connectivity index (χ3n) is 3.64. The highest BCUT2D eigenvalue weighted by molar-refractivity contribution is 5.72. The lowest BCUT2D eigenvalue weighted by atomic mass is 10.1. The SMILES string of the molecule is CNc1cc(/C=C/COC=O)ccc1OC1CC(O)CC(C(=O)O)O1. The number of carboxylic acid groups (broad SMARTS) is 1. The zero-order valence-electron chi connectivity index (χ0n) is 13.8. The van der Waals surface area contributed by atoms with E-state index in [-0.39, 0.29) is 19.4 Å². The summed E-state index contributed by atoms with van der Waals surface area (Å²) in [6.45, 7) is 0.560. The fraction of sp³-hybridized carbons (Fsp3) is 0.412. The molecule has 0 radical (unpaired) electrons. The first-order valence-corrected chi connectivity index (χ1v) is 7.80. The topological polar surface area (TPSA) is 114 Å². The molecule has 1 aliphatic heterocycles. The molecule has 1 aromatic carbocycles. The van der Waals surface area contributed by atoms with Crippen LogP contribution in [0.2, 0.25) is 0 Å². The molecule has 0 spiro atoms. The molecule has 136 valence electrons. The van der Waals surface area contributed by atoms with Crippen molar-refractivity contribution in [1.29, 1.82) is 0 Å². The van der Waals surface area contributed by atoms with Crippen molar-refractivity contribution in [3.63, 3.8) is 0 Å². The number of anilines is 1. The minimum Gasteiger partial charge on any atom is -0.479 e. The van der Waals surface area contributed by atoms with Crippen molar-refractivity contribution in [3.05, 3.63) is 29.8 Å². The van der Waals surface area contributed by atoms with E-state index < -0.39 is 24.5 Å². The van der Waals surface area contributed by atoms with Crippen LogP contribution >= 0.6 is 0 Å². The van der Waals surface area contributed by atoms with Crippen LogP contribution in [0.5, 0.6) is 5.75 Å². The van der Waals surface area contributed by atoms with Gasteiger partial charge in [-0.3, -0.25) is 4.79 Å². The Bertz CT molecular complexity index is 631. The van der Waals surface area contributed by atoms with Crippen molar-refractivity contribution in [1.82, 2.24) is 0 Å². The number of ether oxygens (including phenoxy) is 3. The van der Waals surface area contributed by atoms with Crippen LogP contribution in [0, 0.1) is 0 Å². The molecule has 0 aromatic heterocycles. The highest BCUT2D eigenvalue weighted by Gasteiger charge is 2.34. The summed E-state index contributed by atoms with van der Waals surface area (Å²) in [5.41, 5.74) is 1.54. The smallest absolute Gasteiger partial charge is 0.333 e. The number of aliphatic hydroxyl groups is 1. The van der Waals surface area contributed by atoms with Gasteiger partial charge in [0.1, 0.15) is 12.4 Å². The van der Waals surface area contributed by atoms with E-state index in [2.05, 4.69) is 10.1 Å². The van der Waals surface area contributed by atoms with E-state index in [0.717, 1.165) is 5.56 Å². The molecule has 25 heavy (non-hydrogen) atoms. The highest BCUT2D eigenvalue weighted by atomic mass is 16.7. The van der Waals surface area contributed by atoms with Crippen molar-refractivity contribution in [3.8, 4) is 5.75 Å². The predicted molar refractivity (Wildman–Crippen MR) is 89.2 cm³/mol. The molecule has 3 N–H and O–H groups in total. The van der Waals surface area contributed by atoms with Crippen LogP contribution in [0.4, 0.5) is 5.69 Å². The van der Waals surface area contributed by atoms with Gasteiger partial charge >= 0.3 is 5.97 Å². The van der Waals surface area contributed by atoms with Gasteiger partial charge in [-0.25, -0.2) is 4.79 Å². The molecule has 8 heteroatoms. The number of aliphatic carboxylic acids is 1. The van der Waals surface area contributed by atoms with Gasteiger partial charge < -0.3 is 29.7 Å². The second kappa shape index (κ2) is 9.05. The monoisotopic (exact) mass is 351 g/mol. The van der Waals surface area contributed by atoms with Crippen molar-refractivity contribution < 1.29 is 34.0 Å². The number of carbonyl (C=O) groups excluding carboxylic acids is 1. The Morgan fingerprint density at radius 3 is 2.92 bits per heavy atom. The van der Waals surface area contributed by atoms with Gasteiger partial charge in [0, 0.05) is 19.9 Å². The van der Waals surface area contributed by atoms with Crippen LogP contribution in [0.3, 0.4) is 0 Å². The van der Waals surface area contributed by atoms with E-state index in [1.807, 2.05) is 6.07 Å². The van der Waals surface area contributed by atoms with E-state index >= 15 is 0 Å². The normalized spacial score (nSPS) is 23.2. The first-order valence-electron chi connectivity index (χ1n) is 7.80. The Labute approximate surface area is 145 Å². The van der Waals surface area contributed by atoms with Crippen LogP contribution in [0.15, 0.2) is 24.3 Å². The predicted octanol–water partition coefficient (Wildman–Crippen LogP) is 1.24. The summed E-state index contributed by atoms with van der Waals surface area (Å²) in [6.07, 6.45) is 0.985. The van der Waals surface area contributed by atoms with Gasteiger partial charge in [0.05, 0.1) is 11.8 Å². The third kappa shape index (κ3) is 5.47. The summed E-state index contributed by atoms with van der Waals surface area (Å²) >= 11 is 0. The molecule has 8 nitrogen and oxygen atoms in total. The number of benzene rings is 1. The molecular weight excluding hydrogens is 330 g/mol. The highest BCUT2D eigenvalue weighted by Crippen LogP contribution is 2.30. The summed E-state index contributed by atoms with van der Waals surface area (Å²) in [4.78, 5) is 21.2. The minimum absolute atomic E-state index is 0.0423. The zero-order chi connectivity index (χ0) is 18.2. The quantitative estimate of drug-likeness (QED) is 0.473. The number of hydrogen-bond acceptors (Lipinski definition) is 7. The van der Waals surface area contributed by atoms with Crippen LogP contribution in [0.1, 0.15) is 18.4 Å².